The van der Waals surface area contributed by atoms with E-state index in [0.29, 0.717) is 37.1 Å². The minimum absolute atomic E-state index is 0.140. The van der Waals surface area contributed by atoms with E-state index in [0.717, 1.165) is 11.5 Å². The van der Waals surface area contributed by atoms with Crippen LogP contribution in [-0.4, -0.2) is 34.0 Å². The summed E-state index contributed by atoms with van der Waals surface area (Å²) in [6.07, 6.45) is -3.70. The molecule has 30 heavy (non-hydrogen) atoms. The van der Waals surface area contributed by atoms with Gasteiger partial charge in [0, 0.05) is 5.39 Å². The third kappa shape index (κ3) is 4.03. The lowest BCUT2D eigenvalue weighted by atomic mass is 9.91. The van der Waals surface area contributed by atoms with Crippen molar-refractivity contribution in [3.8, 4) is 0 Å². The summed E-state index contributed by atoms with van der Waals surface area (Å²) < 4.78 is 41.4. The molecule has 4 rings (SSSR count). The number of alkyl halides is 3. The number of pyridine rings is 1. The number of fused-ring (bicyclic) bond motifs is 1. The summed E-state index contributed by atoms with van der Waals surface area (Å²) in [7, 11) is 0. The third-order valence-electron chi connectivity index (χ3n) is 5.70. The van der Waals surface area contributed by atoms with Crippen molar-refractivity contribution in [1.82, 2.24) is 9.88 Å². The highest BCUT2D eigenvalue weighted by Gasteiger charge is 2.38. The first-order chi connectivity index (χ1) is 14.3. The number of halogens is 3. The number of aromatic nitrogens is 1. The van der Waals surface area contributed by atoms with E-state index < -0.39 is 29.7 Å². The Morgan fingerprint density at radius 2 is 1.67 bits per heavy atom. The number of nitrogens with zero attached hydrogens (tertiary/aromatic N) is 2. The molecule has 1 aromatic heterocycles. The van der Waals surface area contributed by atoms with Crippen LogP contribution in [0, 0.1) is 5.92 Å². The molecule has 1 fully saturated rings. The van der Waals surface area contributed by atoms with Crippen molar-refractivity contribution >= 4 is 16.9 Å². The van der Waals surface area contributed by atoms with Gasteiger partial charge in [0.15, 0.2) is 0 Å². The molecule has 1 N–H and O–H groups in total. The van der Waals surface area contributed by atoms with Crippen LogP contribution in [0.1, 0.15) is 35.7 Å². The van der Waals surface area contributed by atoms with Gasteiger partial charge < -0.3 is 5.11 Å². The molecule has 0 spiro atoms. The minimum atomic E-state index is -4.49. The molecule has 1 saturated heterocycles. The Kier molecular flexibility index (Phi) is 5.47. The van der Waals surface area contributed by atoms with Crippen LogP contribution in [0.15, 0.2) is 60.7 Å². The first-order valence-corrected chi connectivity index (χ1v) is 9.83. The molecule has 7 heteroatoms. The summed E-state index contributed by atoms with van der Waals surface area (Å²) >= 11 is 0. The number of benzene rings is 2. The van der Waals surface area contributed by atoms with Gasteiger partial charge in [0.1, 0.15) is 0 Å². The van der Waals surface area contributed by atoms with Crippen molar-refractivity contribution < 1.29 is 23.1 Å². The van der Waals surface area contributed by atoms with Crippen molar-refractivity contribution in [2.75, 3.05) is 13.1 Å². The number of carboxylic acid groups (broad SMARTS) is 1. The van der Waals surface area contributed by atoms with Gasteiger partial charge in [-0.05, 0) is 49.7 Å². The van der Waals surface area contributed by atoms with Gasteiger partial charge in [0.25, 0.3) is 0 Å². The van der Waals surface area contributed by atoms with Crippen LogP contribution in [0.3, 0.4) is 0 Å². The van der Waals surface area contributed by atoms with E-state index in [-0.39, 0.29) is 5.56 Å². The Bertz CT molecular complexity index is 1060. The van der Waals surface area contributed by atoms with Crippen LogP contribution in [0.25, 0.3) is 10.9 Å². The van der Waals surface area contributed by atoms with E-state index in [2.05, 4.69) is 4.98 Å². The maximum atomic E-state index is 13.8. The average molecular weight is 414 g/mol. The van der Waals surface area contributed by atoms with Crippen LogP contribution >= 0.6 is 0 Å². The van der Waals surface area contributed by atoms with Crippen LogP contribution in [0.4, 0.5) is 13.2 Å². The number of carboxylic acids is 1. The molecule has 3 aromatic rings. The fourth-order valence-electron chi connectivity index (χ4n) is 4.18. The van der Waals surface area contributed by atoms with E-state index in [1.807, 2.05) is 35.2 Å². The zero-order valence-corrected chi connectivity index (χ0v) is 16.1. The van der Waals surface area contributed by atoms with Gasteiger partial charge in [0.2, 0.25) is 0 Å². The molecule has 4 nitrogen and oxygen atoms in total. The van der Waals surface area contributed by atoms with Gasteiger partial charge in [-0.15, -0.1) is 0 Å². The molecule has 0 aliphatic carbocycles. The molecule has 1 aliphatic rings. The van der Waals surface area contributed by atoms with Crippen molar-refractivity contribution in [3.05, 3.63) is 77.5 Å². The Balaban J connectivity index is 1.81. The van der Waals surface area contributed by atoms with Crippen molar-refractivity contribution in [2.45, 2.75) is 25.1 Å². The van der Waals surface area contributed by atoms with Crippen LogP contribution in [0.2, 0.25) is 0 Å². The highest BCUT2D eigenvalue weighted by molar-refractivity contribution is 5.78. The fraction of sp³-hybridized carbons (Fsp3) is 0.304. The number of likely N-dealkylation sites (tertiary alicyclic amines) is 1. The maximum Gasteiger partial charge on any atom is 0.416 e. The van der Waals surface area contributed by atoms with Gasteiger partial charge in [-0.2, -0.15) is 13.2 Å². The van der Waals surface area contributed by atoms with E-state index in [4.69, 9.17) is 0 Å². The van der Waals surface area contributed by atoms with Gasteiger partial charge in [-0.25, -0.2) is 0 Å². The molecular weight excluding hydrogens is 393 g/mol. The Labute approximate surface area is 172 Å². The maximum absolute atomic E-state index is 13.8. The zero-order valence-electron chi connectivity index (χ0n) is 16.1. The van der Waals surface area contributed by atoms with Crippen molar-refractivity contribution in [1.29, 1.82) is 0 Å². The van der Waals surface area contributed by atoms with Gasteiger partial charge >= 0.3 is 12.1 Å². The second-order valence-corrected chi connectivity index (χ2v) is 7.56. The molecule has 0 amide bonds. The highest BCUT2D eigenvalue weighted by atomic mass is 19.4. The second-order valence-electron chi connectivity index (χ2n) is 7.56. The first-order valence-electron chi connectivity index (χ1n) is 9.83. The lowest BCUT2D eigenvalue weighted by Gasteiger charge is -2.37. The minimum Gasteiger partial charge on any atom is -0.481 e. The fourth-order valence-corrected chi connectivity index (χ4v) is 4.18. The predicted molar refractivity (Wildman–Crippen MR) is 107 cm³/mol. The molecule has 2 aromatic carbocycles. The summed E-state index contributed by atoms with van der Waals surface area (Å²) in [5.41, 5.74) is 0.691. The number of hydrogen-bond donors (Lipinski definition) is 1. The molecule has 156 valence electrons. The standard InChI is InChI=1S/C23H21F3N2O2/c24-23(25,26)18-7-3-2-6-17(18)21(28-13-11-16(12-14-28)22(29)30)20-10-9-15-5-1-4-8-19(15)27-20/h1-10,16,21H,11-14H2,(H,29,30). The lowest BCUT2D eigenvalue weighted by Crippen LogP contribution is -2.40. The summed E-state index contributed by atoms with van der Waals surface area (Å²) in [4.78, 5) is 17.9. The molecular formula is C23H21F3N2O2. The topological polar surface area (TPSA) is 53.4 Å². The number of piperidine rings is 1. The second kappa shape index (κ2) is 8.07. The monoisotopic (exact) mass is 414 g/mol. The highest BCUT2D eigenvalue weighted by Crippen LogP contribution is 2.40. The number of para-hydroxylation sites is 1. The van der Waals surface area contributed by atoms with E-state index in [1.54, 1.807) is 12.1 Å². The first kappa shape index (κ1) is 20.3. The largest absolute Gasteiger partial charge is 0.481 e. The third-order valence-corrected chi connectivity index (χ3v) is 5.70. The normalized spacial score (nSPS) is 17.2. The van der Waals surface area contributed by atoms with E-state index >= 15 is 0 Å². The van der Waals surface area contributed by atoms with E-state index in [9.17, 15) is 23.1 Å². The number of aliphatic carboxylic acids is 1. The molecule has 0 bridgehead atoms. The van der Waals surface area contributed by atoms with Crippen LogP contribution < -0.4 is 0 Å². The Morgan fingerprint density at radius 3 is 2.37 bits per heavy atom. The summed E-state index contributed by atoms with van der Waals surface area (Å²) in [6.45, 7) is 0.782. The van der Waals surface area contributed by atoms with Crippen LogP contribution in [-0.2, 0) is 11.0 Å². The Hall–Kier alpha value is -2.93. The van der Waals surface area contributed by atoms with Crippen molar-refractivity contribution in [2.24, 2.45) is 5.92 Å². The quantitative estimate of drug-likeness (QED) is 0.642. The predicted octanol–water partition coefficient (Wildman–Crippen LogP) is 5.14. The lowest BCUT2D eigenvalue weighted by molar-refractivity contribution is -0.143. The molecule has 1 aliphatic heterocycles. The summed E-state index contributed by atoms with van der Waals surface area (Å²) in [5, 5.41) is 10.2. The number of rotatable bonds is 4. The van der Waals surface area contributed by atoms with Gasteiger partial charge in [0.05, 0.1) is 28.7 Å². The SMILES string of the molecule is O=C(O)C1CCN(C(c2ccc3ccccc3n2)c2ccccc2C(F)(F)F)CC1. The van der Waals surface area contributed by atoms with Gasteiger partial charge in [-0.1, -0.05) is 42.5 Å². The average Bonchev–Trinajstić information content (AvgIpc) is 2.74. The molecule has 1 atom stereocenters. The molecule has 0 radical (unpaired) electrons. The number of hydrogen-bond acceptors (Lipinski definition) is 3. The summed E-state index contributed by atoms with van der Waals surface area (Å²) in [6, 6.07) is 16.0. The summed E-state index contributed by atoms with van der Waals surface area (Å²) in [5.74, 6) is -1.32. The van der Waals surface area contributed by atoms with Gasteiger partial charge in [-0.3, -0.25) is 14.7 Å². The molecule has 0 saturated carbocycles. The van der Waals surface area contributed by atoms with Crippen LogP contribution in [0.5, 0.6) is 0 Å². The smallest absolute Gasteiger partial charge is 0.416 e. The molecule has 1 unspecified atom stereocenters. The van der Waals surface area contributed by atoms with E-state index in [1.165, 1.54) is 12.1 Å². The zero-order chi connectivity index (χ0) is 21.3. The number of carbonyl (C=O) groups is 1. The Morgan fingerprint density at radius 1 is 1.00 bits per heavy atom. The van der Waals surface area contributed by atoms with Crippen molar-refractivity contribution in [3.63, 3.8) is 0 Å². The molecule has 2 heterocycles.